The zero-order chi connectivity index (χ0) is 27.7. The van der Waals surface area contributed by atoms with Crippen molar-refractivity contribution in [1.29, 1.82) is 0 Å². The summed E-state index contributed by atoms with van der Waals surface area (Å²) in [6.45, 7) is 6.04. The highest BCUT2D eigenvalue weighted by Gasteiger charge is 2.45. The molecular weight excluding hydrogens is 512 g/mol. The number of hydrogen-bond acceptors (Lipinski definition) is 11. The van der Waals surface area contributed by atoms with Gasteiger partial charge in [-0.3, -0.25) is 4.57 Å². The lowest BCUT2D eigenvalue weighted by Gasteiger charge is -2.47. The normalized spacial score (nSPS) is 16.9. The van der Waals surface area contributed by atoms with Crippen molar-refractivity contribution in [3.63, 3.8) is 0 Å². The Bertz CT molecular complexity index is 1360. The summed E-state index contributed by atoms with van der Waals surface area (Å²) in [5.41, 5.74) is 0.835. The Labute approximate surface area is 222 Å². The molecule has 4 rings (SSSR count). The minimum absolute atomic E-state index is 0.131. The maximum absolute atomic E-state index is 13.8. The zero-order valence-corrected chi connectivity index (χ0v) is 23.5. The lowest BCUT2D eigenvalue weighted by molar-refractivity contribution is -0.0368. The summed E-state index contributed by atoms with van der Waals surface area (Å²) in [4.78, 5) is 12.9. The van der Waals surface area contributed by atoms with Gasteiger partial charge in [0.1, 0.15) is 17.8 Å². The van der Waals surface area contributed by atoms with Crippen LogP contribution in [0.15, 0.2) is 24.5 Å². The predicted octanol–water partition coefficient (Wildman–Crippen LogP) is 2.90. The van der Waals surface area contributed by atoms with Crippen LogP contribution in [0.2, 0.25) is 0 Å². The molecule has 2 atom stereocenters. The number of nitrogens with zero attached hydrogens (tertiary/aromatic N) is 6. The van der Waals surface area contributed by atoms with E-state index in [0.717, 1.165) is 12.8 Å². The van der Waals surface area contributed by atoms with Crippen molar-refractivity contribution < 1.29 is 27.4 Å². The van der Waals surface area contributed by atoms with Gasteiger partial charge in [0.2, 0.25) is 17.6 Å². The van der Waals surface area contributed by atoms with Gasteiger partial charge in [0.15, 0.2) is 27.2 Å². The fraction of sp³-hybridized carbons (Fsp3) is 0.560. The maximum Gasteiger partial charge on any atom is 0.245 e. The van der Waals surface area contributed by atoms with Gasteiger partial charge in [0.05, 0.1) is 32.7 Å². The quantitative estimate of drug-likeness (QED) is 0.350. The Kier molecular flexibility index (Phi) is 7.88. The van der Waals surface area contributed by atoms with Crippen molar-refractivity contribution in [1.82, 2.24) is 29.7 Å². The average molecular weight is 547 g/mol. The highest BCUT2D eigenvalue weighted by molar-refractivity contribution is 7.91. The van der Waals surface area contributed by atoms with Gasteiger partial charge >= 0.3 is 0 Å². The third kappa shape index (κ3) is 5.30. The van der Waals surface area contributed by atoms with Gasteiger partial charge in [-0.15, -0.1) is 10.2 Å². The second-order valence-electron chi connectivity index (χ2n) is 10.1. The van der Waals surface area contributed by atoms with E-state index >= 15 is 0 Å². The minimum Gasteiger partial charge on any atom is -0.481 e. The first kappa shape index (κ1) is 27.7. The molecule has 1 fully saturated rings. The molecule has 0 radical (unpaired) electrons. The van der Waals surface area contributed by atoms with Gasteiger partial charge in [0, 0.05) is 13.2 Å². The molecule has 0 saturated heterocycles. The highest BCUT2D eigenvalue weighted by Crippen LogP contribution is 2.48. The molecule has 3 aromatic rings. The monoisotopic (exact) mass is 546 g/mol. The topological polar surface area (TPSA) is 140 Å². The van der Waals surface area contributed by atoms with E-state index in [0.29, 0.717) is 11.6 Å². The third-order valence-electron chi connectivity index (χ3n) is 6.98. The summed E-state index contributed by atoms with van der Waals surface area (Å²) in [5, 5.41) is 7.82. The van der Waals surface area contributed by atoms with Crippen LogP contribution in [0, 0.1) is 11.3 Å². The summed E-state index contributed by atoms with van der Waals surface area (Å²) in [6, 6.07) is 5.15. The van der Waals surface area contributed by atoms with Crippen molar-refractivity contribution in [2.24, 2.45) is 11.3 Å². The minimum atomic E-state index is -3.75. The molecular formula is C25H34N6O6S. The molecule has 0 unspecified atom stereocenters. The number of sulfone groups is 1. The van der Waals surface area contributed by atoms with E-state index in [4.69, 9.17) is 18.9 Å². The Balaban J connectivity index is 1.81. The number of ether oxygens (including phenoxy) is 4. The molecule has 1 aliphatic carbocycles. The maximum atomic E-state index is 13.8. The second-order valence-corrected chi connectivity index (χ2v) is 12.5. The van der Waals surface area contributed by atoms with Crippen molar-refractivity contribution in [3.05, 3.63) is 30.4 Å². The molecule has 1 saturated carbocycles. The van der Waals surface area contributed by atoms with E-state index in [-0.39, 0.29) is 40.4 Å². The summed E-state index contributed by atoms with van der Waals surface area (Å²) < 4.78 is 51.0. The Morgan fingerprint density at radius 2 is 1.68 bits per heavy atom. The van der Waals surface area contributed by atoms with Crippen LogP contribution >= 0.6 is 0 Å². The molecule has 0 bridgehead atoms. The Morgan fingerprint density at radius 1 is 1.03 bits per heavy atom. The number of pyridine rings is 1. The molecule has 206 valence electrons. The van der Waals surface area contributed by atoms with E-state index in [1.54, 1.807) is 32.2 Å². The summed E-state index contributed by atoms with van der Waals surface area (Å²) in [5.74, 6) is 0.788. The van der Waals surface area contributed by atoms with Gasteiger partial charge in [-0.05, 0) is 37.2 Å². The standard InChI is InChI=1S/C25H34N6O6S/c1-15(21(35-5)16-11-25(2,3)12-16)38(32,33)13-18-29-30-22(17-9-8-10-19(28-17)34-4)31(18)20-23(36-6)26-14-27-24(20)37-7/h8-10,14-16,21H,11-13H2,1-7H3/t15-,21+/m1/s1. The first-order valence-electron chi connectivity index (χ1n) is 12.2. The molecule has 0 amide bonds. The van der Waals surface area contributed by atoms with Crippen LogP contribution in [-0.4, -0.2) is 77.9 Å². The van der Waals surface area contributed by atoms with Crippen LogP contribution in [0.4, 0.5) is 0 Å². The molecule has 0 aliphatic heterocycles. The lowest BCUT2D eigenvalue weighted by Crippen LogP contribution is -2.47. The molecule has 1 aliphatic rings. The first-order chi connectivity index (χ1) is 18.0. The van der Waals surface area contributed by atoms with E-state index in [9.17, 15) is 8.42 Å². The number of hydrogen-bond donors (Lipinski definition) is 0. The lowest BCUT2D eigenvalue weighted by atomic mass is 9.62. The van der Waals surface area contributed by atoms with E-state index in [2.05, 4.69) is 39.0 Å². The summed E-state index contributed by atoms with van der Waals surface area (Å²) in [6.07, 6.45) is 2.66. The summed E-state index contributed by atoms with van der Waals surface area (Å²) in [7, 11) is 2.21. The number of rotatable bonds is 11. The SMILES string of the molecule is COc1cccc(-c2nnc(CS(=O)(=O)[C@H](C)[C@H](OC)C3CC(C)(C)C3)n2-c2c(OC)ncnc2OC)n1. The second kappa shape index (κ2) is 10.8. The highest BCUT2D eigenvalue weighted by atomic mass is 32.2. The van der Waals surface area contributed by atoms with E-state index in [1.807, 2.05) is 0 Å². The van der Waals surface area contributed by atoms with Crippen LogP contribution in [0.1, 0.15) is 39.4 Å². The number of methoxy groups -OCH3 is 4. The van der Waals surface area contributed by atoms with Crippen LogP contribution in [0.5, 0.6) is 17.6 Å². The first-order valence-corrected chi connectivity index (χ1v) is 13.9. The van der Waals surface area contributed by atoms with Crippen LogP contribution < -0.4 is 14.2 Å². The van der Waals surface area contributed by atoms with E-state index < -0.39 is 26.9 Å². The van der Waals surface area contributed by atoms with Gasteiger partial charge in [0.25, 0.3) is 0 Å². The Hall–Kier alpha value is -3.32. The molecule has 3 aromatic heterocycles. The Morgan fingerprint density at radius 3 is 2.24 bits per heavy atom. The fourth-order valence-corrected chi connectivity index (χ4v) is 6.73. The molecule has 0 aromatic carbocycles. The molecule has 13 heteroatoms. The predicted molar refractivity (Wildman–Crippen MR) is 139 cm³/mol. The van der Waals surface area contributed by atoms with Crippen LogP contribution in [0.25, 0.3) is 17.2 Å². The zero-order valence-electron chi connectivity index (χ0n) is 22.7. The summed E-state index contributed by atoms with van der Waals surface area (Å²) >= 11 is 0. The van der Waals surface area contributed by atoms with Crippen molar-refractivity contribution in [2.45, 2.75) is 50.7 Å². The average Bonchev–Trinajstić information content (AvgIpc) is 3.29. The van der Waals surface area contributed by atoms with Gasteiger partial charge in [-0.25, -0.2) is 13.4 Å². The molecule has 3 heterocycles. The van der Waals surface area contributed by atoms with Crippen LogP contribution in [0.3, 0.4) is 0 Å². The van der Waals surface area contributed by atoms with Crippen molar-refractivity contribution in [2.75, 3.05) is 28.4 Å². The van der Waals surface area contributed by atoms with Gasteiger partial charge in [-0.2, -0.15) is 9.97 Å². The molecule has 12 nitrogen and oxygen atoms in total. The van der Waals surface area contributed by atoms with Gasteiger partial charge in [-0.1, -0.05) is 19.9 Å². The third-order valence-corrected chi connectivity index (χ3v) is 9.04. The fourth-order valence-electron chi connectivity index (χ4n) is 5.18. The molecule has 0 spiro atoms. The molecule has 38 heavy (non-hydrogen) atoms. The number of aromatic nitrogens is 6. The van der Waals surface area contributed by atoms with Gasteiger partial charge < -0.3 is 18.9 Å². The van der Waals surface area contributed by atoms with Crippen molar-refractivity contribution in [3.8, 4) is 34.8 Å². The van der Waals surface area contributed by atoms with E-state index in [1.165, 1.54) is 32.2 Å². The molecule has 0 N–H and O–H groups in total. The van der Waals surface area contributed by atoms with Crippen LogP contribution in [-0.2, 0) is 20.3 Å². The largest absolute Gasteiger partial charge is 0.481 e. The smallest absolute Gasteiger partial charge is 0.245 e. The van der Waals surface area contributed by atoms with Crippen molar-refractivity contribution >= 4 is 9.84 Å².